The summed E-state index contributed by atoms with van der Waals surface area (Å²) in [7, 11) is 0. The first-order valence-corrected chi connectivity index (χ1v) is 1.82. The zero-order valence-electron chi connectivity index (χ0n) is 4.31. The van der Waals surface area contributed by atoms with Crippen LogP contribution in [0.3, 0.4) is 0 Å². The predicted molar refractivity (Wildman–Crippen MR) is 25.3 cm³/mol. The van der Waals surface area contributed by atoms with Crippen LogP contribution in [0.5, 0.6) is 0 Å². The highest BCUT2D eigenvalue weighted by atomic mass is 13.6. The molecule has 0 spiro atoms. The van der Waals surface area contributed by atoms with Crippen molar-refractivity contribution in [3.63, 3.8) is 0 Å². The minimum absolute atomic E-state index is 0.516. The van der Waals surface area contributed by atoms with Gasteiger partial charge in [-0.05, 0) is 6.07 Å². The highest BCUT2D eigenvalue weighted by Crippen LogP contribution is 1.78. The third kappa shape index (κ3) is 0.582. The first-order valence-electron chi connectivity index (χ1n) is 2.32. The molecule has 29 valence electrons. The molecule has 1 aromatic rings. The van der Waals surface area contributed by atoms with Gasteiger partial charge in [0, 0.05) is 0 Å². The fraction of sp³-hybridized carbons (Fsp3) is 0. The fourth-order valence-electron chi connectivity index (χ4n) is 0.304. The molecule has 0 fully saturated rings. The molecule has 1 radical (unpaired) electrons. The number of rotatable bonds is 0. The van der Waals surface area contributed by atoms with E-state index in [0.717, 1.165) is 0 Å². The van der Waals surface area contributed by atoms with Gasteiger partial charge >= 0.3 is 0 Å². The molecule has 0 bridgehead atoms. The molecule has 0 heteroatoms. The molecule has 0 heterocycles. The third-order valence-corrected chi connectivity index (χ3v) is 0.552. The summed E-state index contributed by atoms with van der Waals surface area (Å²) >= 11 is 0. The topological polar surface area (TPSA) is 0 Å². The van der Waals surface area contributed by atoms with E-state index >= 15 is 0 Å². The van der Waals surface area contributed by atoms with Gasteiger partial charge in [-0.2, -0.15) is 0 Å². The van der Waals surface area contributed by atoms with E-state index in [2.05, 4.69) is 6.07 Å². The second-order valence-electron chi connectivity index (χ2n) is 1.00. The smallest absolute Gasteiger partial charge is 0.0622 e. The van der Waals surface area contributed by atoms with E-state index in [9.17, 15) is 0 Å². The molecule has 1 aromatic carbocycles. The van der Waals surface area contributed by atoms with Crippen molar-refractivity contribution in [2.45, 2.75) is 0 Å². The molecule has 0 unspecified atom stereocenters. The van der Waals surface area contributed by atoms with Crippen molar-refractivity contribution in [2.75, 3.05) is 0 Å². The Morgan fingerprint density at radius 1 is 1.33 bits per heavy atom. The zero-order chi connectivity index (χ0) is 5.11. The van der Waals surface area contributed by atoms with Crippen molar-refractivity contribution in [1.82, 2.24) is 0 Å². The van der Waals surface area contributed by atoms with Gasteiger partial charge in [-0.15, -0.1) is 0 Å². The Morgan fingerprint density at radius 2 is 2.33 bits per heavy atom. The van der Waals surface area contributed by atoms with E-state index in [4.69, 9.17) is 1.37 Å². The molecule has 0 saturated heterocycles. The third-order valence-electron chi connectivity index (χ3n) is 0.552. The molecule has 0 N–H and O–H groups in total. The van der Waals surface area contributed by atoms with Crippen molar-refractivity contribution < 1.29 is 1.37 Å². The van der Waals surface area contributed by atoms with Crippen molar-refractivity contribution in [3.05, 3.63) is 36.4 Å². The highest BCUT2D eigenvalue weighted by Gasteiger charge is 1.58. The number of benzene rings is 1. The maximum absolute atomic E-state index is 6.96. The van der Waals surface area contributed by atoms with Crippen LogP contribution in [0.1, 0.15) is 1.37 Å². The van der Waals surface area contributed by atoms with E-state index in [1.165, 1.54) is 0 Å². The molecule has 0 aliphatic rings. The highest BCUT2D eigenvalue weighted by molar-refractivity contribution is 4.97. The van der Waals surface area contributed by atoms with E-state index in [-0.39, 0.29) is 0 Å². The Bertz CT molecular complexity index is 134. The summed E-state index contributed by atoms with van der Waals surface area (Å²) in [4.78, 5) is 0. The van der Waals surface area contributed by atoms with Crippen molar-refractivity contribution in [3.8, 4) is 0 Å². The van der Waals surface area contributed by atoms with Crippen molar-refractivity contribution >= 4 is 0 Å². The maximum Gasteiger partial charge on any atom is 0.0623 e. The molecular weight excluding hydrogens is 72.1 g/mol. The lowest BCUT2D eigenvalue weighted by Crippen LogP contribution is -1.49. The van der Waals surface area contributed by atoms with Crippen LogP contribution < -0.4 is 0 Å². The van der Waals surface area contributed by atoms with Crippen molar-refractivity contribution in [1.29, 1.82) is 0 Å². The number of hydrogen-bond donors (Lipinski definition) is 0. The van der Waals surface area contributed by atoms with Gasteiger partial charge in [-0.1, -0.05) is 30.3 Å². The average Bonchev–Trinajstić information content (AvgIpc) is 1.69. The maximum atomic E-state index is 6.96. The molecule has 0 aliphatic carbocycles. The van der Waals surface area contributed by atoms with E-state index in [1.54, 1.807) is 24.3 Å². The fourth-order valence-corrected chi connectivity index (χ4v) is 0.304. The van der Waals surface area contributed by atoms with Gasteiger partial charge in [0.1, 0.15) is 0 Å². The van der Waals surface area contributed by atoms with Crippen LogP contribution in [0.25, 0.3) is 0 Å². The molecule has 1 rings (SSSR count). The van der Waals surface area contributed by atoms with Gasteiger partial charge in [0.25, 0.3) is 0 Å². The Labute approximate surface area is 38.8 Å². The standard InChI is InChI=1S/C6H5/c1-2-4-6-5-3-1/h1-5H/i2D. The largest absolute Gasteiger partial charge is 0.0623 e. The molecule has 0 nitrogen and oxygen atoms in total. The summed E-state index contributed by atoms with van der Waals surface area (Å²) in [5.74, 6) is 0. The Balaban J connectivity index is 3.02. The quantitative estimate of drug-likeness (QED) is 0.441. The van der Waals surface area contributed by atoms with Gasteiger partial charge in [0.15, 0.2) is 0 Å². The van der Waals surface area contributed by atoms with Crippen LogP contribution in [0.15, 0.2) is 30.3 Å². The molecule has 0 aliphatic heterocycles. The molecule has 0 saturated carbocycles. The van der Waals surface area contributed by atoms with Gasteiger partial charge < -0.3 is 0 Å². The van der Waals surface area contributed by atoms with Gasteiger partial charge in [-0.25, -0.2) is 0 Å². The normalized spacial score (nSPS) is 10.3. The zero-order valence-corrected chi connectivity index (χ0v) is 3.31. The summed E-state index contributed by atoms with van der Waals surface area (Å²) < 4.78 is 6.96. The lowest BCUT2D eigenvalue weighted by molar-refractivity contribution is 1.70. The Hall–Kier alpha value is -0.780. The van der Waals surface area contributed by atoms with E-state index in [1.807, 2.05) is 0 Å². The van der Waals surface area contributed by atoms with Crippen LogP contribution in [0.2, 0.25) is 0 Å². The van der Waals surface area contributed by atoms with Crippen LogP contribution in [-0.2, 0) is 0 Å². The Kier molecular flexibility index (Phi) is 0.643. The lowest BCUT2D eigenvalue weighted by Gasteiger charge is -1.68. The summed E-state index contributed by atoms with van der Waals surface area (Å²) in [6.45, 7) is 0. The van der Waals surface area contributed by atoms with Gasteiger partial charge in [0.2, 0.25) is 0 Å². The van der Waals surface area contributed by atoms with Gasteiger partial charge in [-0.3, -0.25) is 0 Å². The first-order chi connectivity index (χ1) is 3.39. The summed E-state index contributed by atoms with van der Waals surface area (Å²) in [5.41, 5.74) is 0. The van der Waals surface area contributed by atoms with Gasteiger partial charge in [0.05, 0.1) is 1.37 Å². The molecular formula is C6H5. The minimum atomic E-state index is 0.516. The number of hydrogen-bond acceptors (Lipinski definition) is 0. The first kappa shape index (κ1) is 2.40. The summed E-state index contributed by atoms with van der Waals surface area (Å²) in [6.07, 6.45) is 0. The van der Waals surface area contributed by atoms with Crippen molar-refractivity contribution in [2.24, 2.45) is 0 Å². The minimum Gasteiger partial charge on any atom is -0.0622 e. The summed E-state index contributed by atoms with van der Waals surface area (Å²) in [5, 5.41) is 0. The van der Waals surface area contributed by atoms with Crippen LogP contribution in [0, 0.1) is 6.07 Å². The van der Waals surface area contributed by atoms with Crippen LogP contribution in [-0.4, -0.2) is 0 Å². The summed E-state index contributed by atoms with van der Waals surface area (Å²) in [6, 6.07) is 10.2. The molecule has 0 atom stereocenters. The SMILES string of the molecule is [2H]c1c[c]ccc1. The molecule has 0 aromatic heterocycles. The average molecular weight is 78.1 g/mol. The van der Waals surface area contributed by atoms with E-state index in [0.29, 0.717) is 6.04 Å². The Morgan fingerprint density at radius 3 is 2.67 bits per heavy atom. The monoisotopic (exact) mass is 78.0 g/mol. The lowest BCUT2D eigenvalue weighted by atomic mass is 10.4. The second-order valence-corrected chi connectivity index (χ2v) is 1.00. The predicted octanol–water partition coefficient (Wildman–Crippen LogP) is 1.49. The molecule has 0 amide bonds. The van der Waals surface area contributed by atoms with Crippen LogP contribution >= 0.6 is 0 Å². The second kappa shape index (κ2) is 1.61. The van der Waals surface area contributed by atoms with E-state index < -0.39 is 0 Å². The van der Waals surface area contributed by atoms with Crippen LogP contribution in [0.4, 0.5) is 0 Å². The molecule has 6 heavy (non-hydrogen) atoms.